The Morgan fingerprint density at radius 2 is 1.68 bits per heavy atom. The number of carbonyl (C=O) groups excluding carboxylic acids is 2. The summed E-state index contributed by atoms with van der Waals surface area (Å²) in [6.07, 6.45) is 0. The van der Waals surface area contributed by atoms with Gasteiger partial charge in [-0.15, -0.1) is 0 Å². The molecule has 3 aromatic carbocycles. The molecule has 0 saturated carbocycles. The van der Waals surface area contributed by atoms with E-state index in [4.69, 9.17) is 0 Å². The molecule has 0 bridgehead atoms. The van der Waals surface area contributed by atoms with Gasteiger partial charge in [-0.2, -0.15) is 0 Å². The Morgan fingerprint density at radius 3 is 2.48 bits per heavy atom. The van der Waals surface area contributed by atoms with Gasteiger partial charge in [-0.05, 0) is 34.5 Å². The number of nitrogens with zero attached hydrogens (tertiary/aromatic N) is 1. The topological polar surface area (TPSA) is 49.4 Å². The first-order valence-corrected chi connectivity index (χ1v) is 8.14. The molecular weight excluding hydrogens is 312 g/mol. The van der Waals surface area contributed by atoms with Crippen molar-refractivity contribution in [2.24, 2.45) is 0 Å². The standard InChI is InChI=1S/C21H20N2O2/c1-15(24)22-19-11-6-9-17(13-19)21(25)23(2)14-18-10-5-8-16-7-3-4-12-20(16)18/h3-13H,14H2,1-2H3,(H,22,24). The second-order valence-electron chi connectivity index (χ2n) is 6.06. The highest BCUT2D eigenvalue weighted by molar-refractivity contribution is 5.97. The van der Waals surface area contributed by atoms with Crippen molar-refractivity contribution in [3.63, 3.8) is 0 Å². The maximum atomic E-state index is 12.7. The molecule has 0 unspecified atom stereocenters. The molecule has 1 N–H and O–H groups in total. The molecule has 3 rings (SSSR count). The van der Waals surface area contributed by atoms with Gasteiger partial charge in [0.1, 0.15) is 0 Å². The summed E-state index contributed by atoms with van der Waals surface area (Å²) in [5.41, 5.74) is 2.28. The van der Waals surface area contributed by atoms with Gasteiger partial charge in [0, 0.05) is 31.8 Å². The maximum absolute atomic E-state index is 12.7. The lowest BCUT2D eigenvalue weighted by Crippen LogP contribution is -2.26. The SMILES string of the molecule is CC(=O)Nc1cccc(C(=O)N(C)Cc2cccc3ccccc23)c1. The molecule has 0 fully saturated rings. The van der Waals surface area contributed by atoms with Gasteiger partial charge in [-0.3, -0.25) is 9.59 Å². The Hall–Kier alpha value is -3.14. The molecule has 25 heavy (non-hydrogen) atoms. The minimum absolute atomic E-state index is 0.0832. The second kappa shape index (κ2) is 7.18. The molecule has 0 saturated heterocycles. The van der Waals surface area contributed by atoms with Crippen molar-refractivity contribution in [3.05, 3.63) is 77.9 Å². The highest BCUT2D eigenvalue weighted by atomic mass is 16.2. The molecule has 126 valence electrons. The van der Waals surface area contributed by atoms with Crippen LogP contribution in [0.1, 0.15) is 22.8 Å². The predicted octanol–water partition coefficient (Wildman–Crippen LogP) is 4.07. The number of carbonyl (C=O) groups is 2. The van der Waals surface area contributed by atoms with Crippen LogP contribution in [0, 0.1) is 0 Å². The highest BCUT2D eigenvalue weighted by Crippen LogP contribution is 2.20. The van der Waals surface area contributed by atoms with Gasteiger partial charge in [-0.1, -0.05) is 48.5 Å². The van der Waals surface area contributed by atoms with E-state index in [2.05, 4.69) is 23.5 Å². The Bertz CT molecular complexity index is 929. The summed E-state index contributed by atoms with van der Waals surface area (Å²) in [6, 6.07) is 21.3. The van der Waals surface area contributed by atoms with E-state index in [-0.39, 0.29) is 11.8 Å². The molecule has 0 aliphatic rings. The van der Waals surface area contributed by atoms with E-state index in [0.717, 1.165) is 16.3 Å². The predicted molar refractivity (Wildman–Crippen MR) is 100 cm³/mol. The average molecular weight is 332 g/mol. The summed E-state index contributed by atoms with van der Waals surface area (Å²) in [5.74, 6) is -0.242. The lowest BCUT2D eigenvalue weighted by Gasteiger charge is -2.19. The average Bonchev–Trinajstić information content (AvgIpc) is 2.61. The summed E-state index contributed by atoms with van der Waals surface area (Å²) < 4.78 is 0. The van der Waals surface area contributed by atoms with Crippen LogP contribution in [-0.4, -0.2) is 23.8 Å². The lowest BCUT2D eigenvalue weighted by atomic mass is 10.0. The Morgan fingerprint density at radius 1 is 0.960 bits per heavy atom. The van der Waals surface area contributed by atoms with Crippen LogP contribution >= 0.6 is 0 Å². The van der Waals surface area contributed by atoms with Gasteiger partial charge in [0.25, 0.3) is 5.91 Å². The zero-order valence-electron chi connectivity index (χ0n) is 14.3. The first-order valence-electron chi connectivity index (χ1n) is 8.14. The largest absolute Gasteiger partial charge is 0.337 e. The molecule has 0 aromatic heterocycles. The molecule has 0 radical (unpaired) electrons. The van der Waals surface area contributed by atoms with Gasteiger partial charge in [0.2, 0.25) is 5.91 Å². The third-order valence-corrected chi connectivity index (χ3v) is 4.06. The van der Waals surface area contributed by atoms with E-state index in [1.165, 1.54) is 6.92 Å². The van der Waals surface area contributed by atoms with Crippen LogP contribution in [0.25, 0.3) is 10.8 Å². The maximum Gasteiger partial charge on any atom is 0.253 e. The van der Waals surface area contributed by atoms with Crippen LogP contribution in [0.4, 0.5) is 5.69 Å². The summed E-state index contributed by atoms with van der Waals surface area (Å²) >= 11 is 0. The van der Waals surface area contributed by atoms with Crippen molar-refractivity contribution in [1.29, 1.82) is 0 Å². The Kier molecular flexibility index (Phi) is 4.80. The van der Waals surface area contributed by atoms with E-state index in [1.807, 2.05) is 24.3 Å². The van der Waals surface area contributed by atoms with Gasteiger partial charge < -0.3 is 10.2 Å². The third-order valence-electron chi connectivity index (χ3n) is 4.06. The first kappa shape index (κ1) is 16.7. The van der Waals surface area contributed by atoms with E-state index < -0.39 is 0 Å². The number of nitrogens with one attached hydrogen (secondary N) is 1. The molecular formula is C21H20N2O2. The minimum atomic E-state index is -0.159. The van der Waals surface area contributed by atoms with E-state index in [9.17, 15) is 9.59 Å². The monoisotopic (exact) mass is 332 g/mol. The molecule has 4 nitrogen and oxygen atoms in total. The minimum Gasteiger partial charge on any atom is -0.337 e. The van der Waals surface area contributed by atoms with Crippen LogP contribution < -0.4 is 5.32 Å². The summed E-state index contributed by atoms with van der Waals surface area (Å²) in [7, 11) is 1.79. The van der Waals surface area contributed by atoms with Crippen LogP contribution in [-0.2, 0) is 11.3 Å². The number of anilines is 1. The van der Waals surface area contributed by atoms with Crippen molar-refractivity contribution in [2.45, 2.75) is 13.5 Å². The molecule has 0 spiro atoms. The molecule has 0 aliphatic heterocycles. The van der Waals surface area contributed by atoms with Crippen LogP contribution in [0.5, 0.6) is 0 Å². The summed E-state index contributed by atoms with van der Waals surface area (Å²) in [4.78, 5) is 25.6. The van der Waals surface area contributed by atoms with Crippen LogP contribution in [0.2, 0.25) is 0 Å². The Labute approximate surface area is 147 Å². The lowest BCUT2D eigenvalue weighted by molar-refractivity contribution is -0.114. The Balaban J connectivity index is 1.82. The van der Waals surface area contributed by atoms with E-state index >= 15 is 0 Å². The fraction of sp³-hybridized carbons (Fsp3) is 0.143. The number of benzene rings is 3. The summed E-state index contributed by atoms with van der Waals surface area (Å²) in [5, 5.41) is 5.01. The van der Waals surface area contributed by atoms with Crippen molar-refractivity contribution in [3.8, 4) is 0 Å². The van der Waals surface area contributed by atoms with Crippen molar-refractivity contribution >= 4 is 28.3 Å². The number of hydrogen-bond donors (Lipinski definition) is 1. The number of rotatable bonds is 4. The fourth-order valence-corrected chi connectivity index (χ4v) is 2.91. The number of hydrogen-bond acceptors (Lipinski definition) is 2. The first-order chi connectivity index (χ1) is 12.0. The van der Waals surface area contributed by atoms with Gasteiger partial charge in [0.15, 0.2) is 0 Å². The zero-order chi connectivity index (χ0) is 17.8. The highest BCUT2D eigenvalue weighted by Gasteiger charge is 2.14. The van der Waals surface area contributed by atoms with Gasteiger partial charge >= 0.3 is 0 Å². The van der Waals surface area contributed by atoms with Gasteiger partial charge in [0.05, 0.1) is 0 Å². The molecule has 0 atom stereocenters. The quantitative estimate of drug-likeness (QED) is 0.783. The van der Waals surface area contributed by atoms with Crippen LogP contribution in [0.15, 0.2) is 66.7 Å². The van der Waals surface area contributed by atoms with Crippen molar-refractivity contribution in [1.82, 2.24) is 4.90 Å². The molecule has 4 heteroatoms. The zero-order valence-corrected chi connectivity index (χ0v) is 14.3. The van der Waals surface area contributed by atoms with Crippen LogP contribution in [0.3, 0.4) is 0 Å². The normalized spacial score (nSPS) is 10.5. The number of fused-ring (bicyclic) bond motifs is 1. The molecule has 2 amide bonds. The fourth-order valence-electron chi connectivity index (χ4n) is 2.91. The van der Waals surface area contributed by atoms with E-state index in [1.54, 1.807) is 36.2 Å². The molecule has 3 aromatic rings. The third kappa shape index (κ3) is 3.86. The second-order valence-corrected chi connectivity index (χ2v) is 6.06. The number of amides is 2. The smallest absolute Gasteiger partial charge is 0.253 e. The van der Waals surface area contributed by atoms with Crippen molar-refractivity contribution in [2.75, 3.05) is 12.4 Å². The summed E-state index contributed by atoms with van der Waals surface area (Å²) in [6.45, 7) is 1.96. The van der Waals surface area contributed by atoms with E-state index in [0.29, 0.717) is 17.8 Å². The molecule has 0 heterocycles. The van der Waals surface area contributed by atoms with Gasteiger partial charge in [-0.25, -0.2) is 0 Å². The molecule has 0 aliphatic carbocycles. The van der Waals surface area contributed by atoms with Crippen molar-refractivity contribution < 1.29 is 9.59 Å².